The van der Waals surface area contributed by atoms with Crippen molar-refractivity contribution in [2.75, 3.05) is 13.2 Å². The van der Waals surface area contributed by atoms with E-state index in [0.717, 1.165) is 6.08 Å². The van der Waals surface area contributed by atoms with E-state index in [1.54, 1.807) is 18.2 Å². The van der Waals surface area contributed by atoms with Gasteiger partial charge < -0.3 is 19.5 Å². The Hall–Kier alpha value is -1.77. The lowest BCUT2D eigenvalue weighted by Gasteiger charge is -2.27. The molecule has 0 amide bonds. The third-order valence-corrected chi connectivity index (χ3v) is 5.21. The molecule has 0 heterocycles. The molecule has 3 N–H and O–H groups in total. The maximum absolute atomic E-state index is 14.3. The lowest BCUT2D eigenvalue weighted by Crippen LogP contribution is -2.42. The number of aliphatic hydroxyl groups is 2. The number of aliphatic hydroxyl groups excluding tert-OH is 1. The number of hydrogen-bond donors (Lipinski definition) is 3. The van der Waals surface area contributed by atoms with E-state index in [0.29, 0.717) is 0 Å². The highest BCUT2D eigenvalue weighted by atomic mass is 31.2. The van der Waals surface area contributed by atoms with Gasteiger partial charge in [0.15, 0.2) is 0 Å². The number of allylic oxidation sites excluding steroid dienone is 1. The van der Waals surface area contributed by atoms with E-state index in [-0.39, 0.29) is 17.8 Å². The number of rotatable bonds is 11. The highest BCUT2D eigenvalue weighted by Gasteiger charge is 2.40. The van der Waals surface area contributed by atoms with E-state index in [9.17, 15) is 24.0 Å². The van der Waals surface area contributed by atoms with E-state index < -0.39 is 38.3 Å². The van der Waals surface area contributed by atoms with Crippen molar-refractivity contribution in [2.45, 2.75) is 52.6 Å². The van der Waals surface area contributed by atoms with Crippen molar-refractivity contribution in [2.24, 2.45) is 5.41 Å². The molecule has 1 aromatic rings. The summed E-state index contributed by atoms with van der Waals surface area (Å²) in [7, 11) is -4.36. The van der Waals surface area contributed by atoms with Gasteiger partial charge in [0.2, 0.25) is 0 Å². The number of para-hydroxylation sites is 1. The number of hydrogen-bond acceptors (Lipinski definition) is 7. The van der Waals surface area contributed by atoms with Crippen molar-refractivity contribution in [3.05, 3.63) is 42.5 Å². The molecule has 0 spiro atoms. The Kier molecular flexibility index (Phi) is 9.65. The number of carbonyl (C=O) groups is 1. The Morgan fingerprint density at radius 2 is 1.87 bits per heavy atom. The van der Waals surface area contributed by atoms with Crippen molar-refractivity contribution in [1.82, 2.24) is 5.09 Å². The van der Waals surface area contributed by atoms with Crippen LogP contribution < -0.4 is 9.61 Å². The molecule has 10 heteroatoms. The molecule has 2 unspecified atom stereocenters. The Balaban J connectivity index is 2.95. The van der Waals surface area contributed by atoms with Crippen LogP contribution in [0.25, 0.3) is 0 Å². The molecule has 1 rings (SSSR count). The summed E-state index contributed by atoms with van der Waals surface area (Å²) in [5.41, 5.74) is -0.274. The van der Waals surface area contributed by atoms with Gasteiger partial charge in [-0.1, -0.05) is 51.1 Å². The number of alkyl halides is 1. The molecular weight excluding hydrogens is 416 g/mol. The van der Waals surface area contributed by atoms with Crippen LogP contribution in [0.4, 0.5) is 4.39 Å². The van der Waals surface area contributed by atoms with Crippen LogP contribution in [0.2, 0.25) is 0 Å². The molecule has 30 heavy (non-hydrogen) atoms. The Labute approximate surface area is 176 Å². The van der Waals surface area contributed by atoms with Gasteiger partial charge in [-0.3, -0.25) is 9.32 Å². The smallest absolute Gasteiger partial charge is 0.459 e. The van der Waals surface area contributed by atoms with Gasteiger partial charge in [-0.15, -0.1) is 0 Å². The van der Waals surface area contributed by atoms with Crippen LogP contribution in [0.3, 0.4) is 0 Å². The molecule has 0 bridgehead atoms. The van der Waals surface area contributed by atoms with Gasteiger partial charge in [0.25, 0.3) is 5.85 Å². The first-order valence-electron chi connectivity index (χ1n) is 9.44. The first-order valence-corrected chi connectivity index (χ1v) is 11.0. The topological polar surface area (TPSA) is 114 Å². The number of benzene rings is 1. The van der Waals surface area contributed by atoms with Crippen molar-refractivity contribution in [1.29, 1.82) is 0 Å². The largest absolute Gasteiger partial charge is 0.464 e. The fraction of sp³-hybridized carbons (Fsp3) is 0.550. The molecule has 8 nitrogen and oxygen atoms in total. The summed E-state index contributed by atoms with van der Waals surface area (Å²) >= 11 is 0. The molecular formula is C20H31FNO7P. The average Bonchev–Trinajstić information content (AvgIpc) is 2.65. The zero-order valence-electron chi connectivity index (χ0n) is 17.9. The molecule has 170 valence electrons. The molecule has 0 saturated heterocycles. The summed E-state index contributed by atoms with van der Waals surface area (Å²) in [6.45, 7) is 7.48. The number of halogens is 1. The summed E-state index contributed by atoms with van der Waals surface area (Å²) in [5, 5.41) is 21.8. The second-order valence-corrected chi connectivity index (χ2v) is 9.68. The van der Waals surface area contributed by atoms with Crippen molar-refractivity contribution < 1.29 is 37.7 Å². The minimum absolute atomic E-state index is 0.125. The van der Waals surface area contributed by atoms with E-state index in [2.05, 4.69) is 5.09 Å². The SMILES string of the molecule is CC=C[C@H](O)[C@@](O)(F)COP(=O)(NC(C)C(=O)OCC(C)(C)C)Oc1ccccc1. The fourth-order valence-electron chi connectivity index (χ4n) is 2.00. The summed E-state index contributed by atoms with van der Waals surface area (Å²) in [4.78, 5) is 12.2. The molecule has 0 fully saturated rings. The van der Waals surface area contributed by atoms with Crippen LogP contribution >= 0.6 is 7.75 Å². The molecule has 4 atom stereocenters. The molecule has 0 aliphatic rings. The lowest BCUT2D eigenvalue weighted by molar-refractivity contribution is -0.173. The van der Waals surface area contributed by atoms with Crippen molar-refractivity contribution in [3.8, 4) is 5.75 Å². The quantitative estimate of drug-likeness (QED) is 0.269. The van der Waals surface area contributed by atoms with Gasteiger partial charge in [-0.25, -0.2) is 8.96 Å². The molecule has 0 aromatic heterocycles. The monoisotopic (exact) mass is 447 g/mol. The predicted octanol–water partition coefficient (Wildman–Crippen LogP) is 3.35. The van der Waals surface area contributed by atoms with E-state index in [1.807, 2.05) is 20.8 Å². The minimum Gasteiger partial charge on any atom is -0.464 e. The van der Waals surface area contributed by atoms with Crippen LogP contribution in [-0.4, -0.2) is 47.4 Å². The van der Waals surface area contributed by atoms with Gasteiger partial charge >= 0.3 is 13.7 Å². The highest BCUT2D eigenvalue weighted by molar-refractivity contribution is 7.52. The van der Waals surface area contributed by atoms with Crippen LogP contribution in [0.1, 0.15) is 34.6 Å². The Morgan fingerprint density at radius 3 is 2.40 bits per heavy atom. The highest BCUT2D eigenvalue weighted by Crippen LogP contribution is 2.45. The minimum atomic E-state index is -4.36. The molecule has 0 saturated carbocycles. The standard InChI is InChI=1S/C20H31FNO7P/c1-6-10-17(23)20(21,25)14-28-30(26,29-16-11-8-7-9-12-16)22-15(2)18(24)27-13-19(3,4)5/h6-12,15,17,23,25H,13-14H2,1-5H3,(H,22,26)/t15?,17-,20+,30?/m0/s1. The second-order valence-electron chi connectivity index (χ2n) is 7.98. The molecule has 1 aromatic carbocycles. The zero-order chi connectivity index (χ0) is 23.0. The lowest BCUT2D eigenvalue weighted by atomic mass is 9.99. The number of ether oxygens (including phenoxy) is 1. The Bertz CT molecular complexity index is 749. The van der Waals surface area contributed by atoms with Crippen molar-refractivity contribution >= 4 is 13.7 Å². The third kappa shape index (κ3) is 9.36. The van der Waals surface area contributed by atoms with Crippen LogP contribution in [-0.2, 0) is 18.6 Å². The van der Waals surface area contributed by atoms with E-state index in [4.69, 9.17) is 13.8 Å². The van der Waals surface area contributed by atoms with Gasteiger partial charge in [0.1, 0.15) is 24.5 Å². The summed E-state index contributed by atoms with van der Waals surface area (Å²) in [6.07, 6.45) is 0.425. The van der Waals surface area contributed by atoms with Crippen molar-refractivity contribution in [3.63, 3.8) is 0 Å². The summed E-state index contributed by atoms with van der Waals surface area (Å²) < 4.78 is 43.0. The third-order valence-electron chi connectivity index (χ3n) is 3.59. The Morgan fingerprint density at radius 1 is 1.27 bits per heavy atom. The molecule has 0 radical (unpaired) electrons. The second kappa shape index (κ2) is 11.0. The molecule has 0 aliphatic carbocycles. The first kappa shape index (κ1) is 26.3. The van der Waals surface area contributed by atoms with Crippen LogP contribution in [0.15, 0.2) is 42.5 Å². The van der Waals surface area contributed by atoms with Gasteiger partial charge in [0, 0.05) is 0 Å². The fourth-order valence-corrected chi connectivity index (χ4v) is 3.51. The predicted molar refractivity (Wildman–Crippen MR) is 111 cm³/mol. The molecule has 0 aliphatic heterocycles. The maximum Gasteiger partial charge on any atom is 0.459 e. The first-order chi connectivity index (χ1) is 13.8. The number of esters is 1. The maximum atomic E-state index is 14.3. The van der Waals surface area contributed by atoms with E-state index >= 15 is 0 Å². The van der Waals surface area contributed by atoms with Gasteiger partial charge in [-0.05, 0) is 31.4 Å². The van der Waals surface area contributed by atoms with E-state index in [1.165, 1.54) is 32.1 Å². The normalized spacial score (nSPS) is 18.3. The zero-order valence-corrected chi connectivity index (χ0v) is 18.8. The summed E-state index contributed by atoms with van der Waals surface area (Å²) in [6, 6.07) is 6.76. The number of nitrogens with one attached hydrogen (secondary N) is 1. The van der Waals surface area contributed by atoms with Crippen LogP contribution in [0.5, 0.6) is 5.75 Å². The van der Waals surface area contributed by atoms with Gasteiger partial charge in [-0.2, -0.15) is 5.09 Å². The number of carbonyl (C=O) groups excluding carboxylic acids is 1. The van der Waals surface area contributed by atoms with Crippen LogP contribution in [0, 0.1) is 5.41 Å². The van der Waals surface area contributed by atoms with Gasteiger partial charge in [0.05, 0.1) is 6.61 Å². The summed E-state index contributed by atoms with van der Waals surface area (Å²) in [5.74, 6) is -3.82. The average molecular weight is 447 g/mol.